The lowest BCUT2D eigenvalue weighted by Gasteiger charge is -2.07. The monoisotopic (exact) mass is 337 g/mol. The maximum absolute atomic E-state index is 12.2. The lowest BCUT2D eigenvalue weighted by molar-refractivity contribution is 0.103. The Bertz CT molecular complexity index is 561. The smallest absolute Gasteiger partial charge is 0.195 e. The van der Waals surface area contributed by atoms with E-state index in [9.17, 15) is 4.79 Å². The molecule has 0 aromatic heterocycles. The molecule has 0 bridgehead atoms. The van der Waals surface area contributed by atoms with Crippen molar-refractivity contribution < 1.29 is 4.79 Å². The van der Waals surface area contributed by atoms with E-state index >= 15 is 0 Å². The minimum Gasteiger partial charge on any atom is -0.398 e. The van der Waals surface area contributed by atoms with Crippen LogP contribution in [0.5, 0.6) is 0 Å². The van der Waals surface area contributed by atoms with Gasteiger partial charge in [-0.25, -0.2) is 0 Å². The molecule has 2 rings (SSSR count). The van der Waals surface area contributed by atoms with Crippen LogP contribution < -0.4 is 5.73 Å². The van der Waals surface area contributed by atoms with E-state index < -0.39 is 0 Å². The molecule has 0 radical (unpaired) electrons. The number of carbonyl (C=O) groups excluding carboxylic acids is 1. The third kappa shape index (κ3) is 2.49. The van der Waals surface area contributed by atoms with Gasteiger partial charge < -0.3 is 5.73 Å². The van der Waals surface area contributed by atoms with Crippen LogP contribution in [0.2, 0.25) is 0 Å². The van der Waals surface area contributed by atoms with E-state index in [1.807, 2.05) is 43.3 Å². The van der Waals surface area contributed by atoms with Gasteiger partial charge in [0.1, 0.15) is 0 Å². The summed E-state index contributed by atoms with van der Waals surface area (Å²) >= 11 is 2.21. The van der Waals surface area contributed by atoms with Crippen LogP contribution in [0.25, 0.3) is 0 Å². The molecule has 0 aliphatic heterocycles. The lowest BCUT2D eigenvalue weighted by Crippen LogP contribution is -2.06. The molecule has 2 aromatic rings. The van der Waals surface area contributed by atoms with Gasteiger partial charge in [-0.05, 0) is 65.4 Å². The number of ketones is 1. The van der Waals surface area contributed by atoms with Crippen LogP contribution in [0.3, 0.4) is 0 Å². The SMILES string of the molecule is Cc1cccc(C(=O)c2ccc(I)cc2)c1N. The van der Waals surface area contributed by atoms with Gasteiger partial charge in [-0.1, -0.05) is 12.1 Å². The van der Waals surface area contributed by atoms with Crippen LogP contribution in [-0.2, 0) is 0 Å². The number of anilines is 1. The Morgan fingerprint density at radius 1 is 1.12 bits per heavy atom. The highest BCUT2D eigenvalue weighted by molar-refractivity contribution is 14.1. The molecule has 0 saturated carbocycles. The molecule has 2 aromatic carbocycles. The van der Waals surface area contributed by atoms with E-state index in [1.54, 1.807) is 6.07 Å². The van der Waals surface area contributed by atoms with Crippen LogP contribution in [0.1, 0.15) is 21.5 Å². The highest BCUT2D eigenvalue weighted by Crippen LogP contribution is 2.20. The van der Waals surface area contributed by atoms with Crippen molar-refractivity contribution in [2.45, 2.75) is 6.92 Å². The van der Waals surface area contributed by atoms with Gasteiger partial charge in [0.15, 0.2) is 5.78 Å². The molecule has 2 nitrogen and oxygen atoms in total. The predicted octanol–water partition coefficient (Wildman–Crippen LogP) is 3.41. The summed E-state index contributed by atoms with van der Waals surface area (Å²) in [5, 5.41) is 0. The largest absolute Gasteiger partial charge is 0.398 e. The fourth-order valence-corrected chi connectivity index (χ4v) is 2.00. The van der Waals surface area contributed by atoms with Gasteiger partial charge in [-0.2, -0.15) is 0 Å². The van der Waals surface area contributed by atoms with E-state index in [-0.39, 0.29) is 5.78 Å². The van der Waals surface area contributed by atoms with Gasteiger partial charge in [-0.15, -0.1) is 0 Å². The van der Waals surface area contributed by atoms with Crippen molar-refractivity contribution in [3.8, 4) is 0 Å². The lowest BCUT2D eigenvalue weighted by atomic mass is 9.99. The average molecular weight is 337 g/mol. The van der Waals surface area contributed by atoms with Crippen molar-refractivity contribution in [3.63, 3.8) is 0 Å². The second kappa shape index (κ2) is 4.87. The molecule has 2 N–H and O–H groups in total. The summed E-state index contributed by atoms with van der Waals surface area (Å²) in [5.41, 5.74) is 8.67. The minimum atomic E-state index is -0.0254. The quantitative estimate of drug-likeness (QED) is 0.518. The number of rotatable bonds is 2. The number of aryl methyl sites for hydroxylation is 1. The number of hydrogen-bond donors (Lipinski definition) is 1. The molecular weight excluding hydrogens is 325 g/mol. The Kier molecular flexibility index (Phi) is 3.47. The summed E-state index contributed by atoms with van der Waals surface area (Å²) in [6, 6.07) is 13.0. The maximum atomic E-state index is 12.2. The van der Waals surface area contributed by atoms with Gasteiger partial charge in [0.25, 0.3) is 0 Å². The number of hydrogen-bond acceptors (Lipinski definition) is 2. The molecule has 0 unspecified atom stereocenters. The Labute approximate surface area is 114 Å². The van der Waals surface area contributed by atoms with E-state index in [0.717, 1.165) is 9.13 Å². The summed E-state index contributed by atoms with van der Waals surface area (Å²) in [4.78, 5) is 12.2. The van der Waals surface area contributed by atoms with Crippen LogP contribution >= 0.6 is 22.6 Å². The normalized spacial score (nSPS) is 10.2. The topological polar surface area (TPSA) is 43.1 Å². The number of nitrogen functional groups attached to an aromatic ring is 1. The zero-order valence-electron chi connectivity index (χ0n) is 9.41. The van der Waals surface area contributed by atoms with E-state index in [1.165, 1.54) is 0 Å². The van der Waals surface area contributed by atoms with Crippen LogP contribution in [0.15, 0.2) is 42.5 Å². The van der Waals surface area contributed by atoms with Gasteiger partial charge in [0.05, 0.1) is 0 Å². The molecule has 0 fully saturated rings. The third-order valence-corrected chi connectivity index (χ3v) is 3.39. The first-order valence-corrected chi connectivity index (χ1v) is 6.33. The molecular formula is C14H12INO. The summed E-state index contributed by atoms with van der Waals surface area (Å²) in [6.45, 7) is 1.90. The zero-order chi connectivity index (χ0) is 12.4. The van der Waals surface area contributed by atoms with Crippen LogP contribution in [0, 0.1) is 10.5 Å². The van der Waals surface area contributed by atoms with Crippen molar-refractivity contribution in [1.82, 2.24) is 0 Å². The first-order chi connectivity index (χ1) is 8.09. The summed E-state index contributed by atoms with van der Waals surface area (Å²) in [6.07, 6.45) is 0. The number of carbonyl (C=O) groups is 1. The number of halogens is 1. The number of benzene rings is 2. The summed E-state index contributed by atoms with van der Waals surface area (Å²) in [5.74, 6) is -0.0254. The number of para-hydroxylation sites is 1. The van der Waals surface area contributed by atoms with Crippen molar-refractivity contribution in [2.75, 3.05) is 5.73 Å². The highest BCUT2D eigenvalue weighted by Gasteiger charge is 2.12. The molecule has 3 heteroatoms. The first-order valence-electron chi connectivity index (χ1n) is 5.25. The van der Waals surface area contributed by atoms with Crippen LogP contribution in [0.4, 0.5) is 5.69 Å². The van der Waals surface area contributed by atoms with Crippen molar-refractivity contribution in [1.29, 1.82) is 0 Å². The zero-order valence-corrected chi connectivity index (χ0v) is 11.6. The average Bonchev–Trinajstić information content (AvgIpc) is 2.33. The van der Waals surface area contributed by atoms with Crippen LogP contribution in [-0.4, -0.2) is 5.78 Å². The molecule has 0 heterocycles. The standard InChI is InChI=1S/C14H12INO/c1-9-3-2-4-12(13(9)16)14(17)10-5-7-11(15)8-6-10/h2-8H,16H2,1H3. The summed E-state index contributed by atoms with van der Waals surface area (Å²) in [7, 11) is 0. The second-order valence-corrected chi connectivity index (χ2v) is 5.12. The predicted molar refractivity (Wildman–Crippen MR) is 78.2 cm³/mol. The molecule has 86 valence electrons. The van der Waals surface area contributed by atoms with Gasteiger partial charge >= 0.3 is 0 Å². The maximum Gasteiger partial charge on any atom is 0.195 e. The molecule has 0 spiro atoms. The Balaban J connectivity index is 2.44. The van der Waals surface area contributed by atoms with E-state index in [2.05, 4.69) is 22.6 Å². The van der Waals surface area contributed by atoms with Crippen molar-refractivity contribution >= 4 is 34.1 Å². The molecule has 0 atom stereocenters. The van der Waals surface area contributed by atoms with Gasteiger partial charge in [0, 0.05) is 20.4 Å². The first kappa shape index (κ1) is 12.1. The Morgan fingerprint density at radius 3 is 2.41 bits per heavy atom. The fraction of sp³-hybridized carbons (Fsp3) is 0.0714. The second-order valence-electron chi connectivity index (χ2n) is 3.87. The Hall–Kier alpha value is -1.36. The molecule has 0 aliphatic rings. The number of nitrogens with two attached hydrogens (primary N) is 1. The molecule has 17 heavy (non-hydrogen) atoms. The van der Waals surface area contributed by atoms with Crippen molar-refractivity contribution in [2.24, 2.45) is 0 Å². The molecule has 0 aliphatic carbocycles. The highest BCUT2D eigenvalue weighted by atomic mass is 127. The van der Waals surface area contributed by atoms with Gasteiger partial charge in [0.2, 0.25) is 0 Å². The van der Waals surface area contributed by atoms with Crippen molar-refractivity contribution in [3.05, 3.63) is 62.7 Å². The van der Waals surface area contributed by atoms with E-state index in [4.69, 9.17) is 5.73 Å². The Morgan fingerprint density at radius 2 is 1.76 bits per heavy atom. The molecule has 0 amide bonds. The van der Waals surface area contributed by atoms with E-state index in [0.29, 0.717) is 16.8 Å². The minimum absolute atomic E-state index is 0.0254. The molecule has 0 saturated heterocycles. The third-order valence-electron chi connectivity index (χ3n) is 2.68. The van der Waals surface area contributed by atoms with Gasteiger partial charge in [-0.3, -0.25) is 4.79 Å². The summed E-state index contributed by atoms with van der Waals surface area (Å²) < 4.78 is 1.11. The fourth-order valence-electron chi connectivity index (χ4n) is 1.64.